The van der Waals surface area contributed by atoms with Gasteiger partial charge in [-0.25, -0.2) is 8.42 Å². The van der Waals surface area contributed by atoms with Crippen LogP contribution in [-0.4, -0.2) is 14.2 Å². The first-order valence-electron chi connectivity index (χ1n) is 3.58. The summed E-state index contributed by atoms with van der Waals surface area (Å²) in [6.45, 7) is 0. The van der Waals surface area contributed by atoms with Crippen molar-refractivity contribution in [1.29, 1.82) is 0 Å². The zero-order valence-electron chi connectivity index (χ0n) is 6.90. The second-order valence-electron chi connectivity index (χ2n) is 2.54. The summed E-state index contributed by atoms with van der Waals surface area (Å²) in [5, 5.41) is 0. The molecule has 0 spiro atoms. The van der Waals surface area contributed by atoms with E-state index in [0.717, 1.165) is 0 Å². The summed E-state index contributed by atoms with van der Waals surface area (Å²) in [6.07, 6.45) is 4.93. The molecule has 0 aromatic heterocycles. The van der Waals surface area contributed by atoms with Crippen LogP contribution in [0.5, 0.6) is 0 Å². The monoisotopic (exact) mass is 195 g/mol. The lowest BCUT2D eigenvalue weighted by Gasteiger charge is -2.00. The summed E-state index contributed by atoms with van der Waals surface area (Å²) in [5.41, 5.74) is 5.85. The fourth-order valence-corrected chi connectivity index (χ4v) is 1.89. The van der Waals surface area contributed by atoms with Gasteiger partial charge >= 0.3 is 0 Å². The van der Waals surface area contributed by atoms with E-state index < -0.39 is 9.84 Å². The maximum atomic E-state index is 11.4. The summed E-state index contributed by atoms with van der Waals surface area (Å²) >= 11 is 0. The van der Waals surface area contributed by atoms with E-state index in [2.05, 4.69) is 5.92 Å². The van der Waals surface area contributed by atoms with Crippen molar-refractivity contribution in [3.8, 4) is 12.3 Å². The predicted octanol–water partition coefficient (Wildman–Crippen LogP) is 0.676. The SMILES string of the molecule is C#CCS(=O)(=O)c1cccc(N)c1. The molecule has 0 aliphatic carbocycles. The third-order valence-corrected chi connectivity index (χ3v) is 3.01. The molecule has 0 saturated carbocycles. The Balaban J connectivity index is 3.17. The largest absolute Gasteiger partial charge is 0.399 e. The Morgan fingerprint density at radius 3 is 2.69 bits per heavy atom. The molecule has 2 N–H and O–H groups in total. The topological polar surface area (TPSA) is 60.2 Å². The van der Waals surface area contributed by atoms with E-state index in [1.54, 1.807) is 12.1 Å². The molecular weight excluding hydrogens is 186 g/mol. The molecule has 3 nitrogen and oxygen atoms in total. The molecule has 1 rings (SSSR count). The Morgan fingerprint density at radius 2 is 2.15 bits per heavy atom. The van der Waals surface area contributed by atoms with E-state index in [1.165, 1.54) is 12.1 Å². The van der Waals surface area contributed by atoms with Crippen molar-refractivity contribution in [1.82, 2.24) is 0 Å². The van der Waals surface area contributed by atoms with Gasteiger partial charge in [0.15, 0.2) is 9.84 Å². The number of nitrogen functional groups attached to an aromatic ring is 1. The van der Waals surface area contributed by atoms with Crippen LogP contribution in [0.15, 0.2) is 29.2 Å². The lowest BCUT2D eigenvalue weighted by Crippen LogP contribution is -2.05. The summed E-state index contributed by atoms with van der Waals surface area (Å²) < 4.78 is 22.8. The maximum Gasteiger partial charge on any atom is 0.189 e. The minimum Gasteiger partial charge on any atom is -0.399 e. The normalized spacial score (nSPS) is 10.7. The molecule has 0 fully saturated rings. The van der Waals surface area contributed by atoms with Crippen LogP contribution in [0.2, 0.25) is 0 Å². The third kappa shape index (κ3) is 2.23. The molecular formula is C9H9NO2S. The van der Waals surface area contributed by atoms with Crippen LogP contribution in [-0.2, 0) is 9.84 Å². The highest BCUT2D eigenvalue weighted by molar-refractivity contribution is 7.91. The molecule has 0 radical (unpaired) electrons. The first-order chi connectivity index (χ1) is 6.06. The quantitative estimate of drug-likeness (QED) is 0.557. The smallest absolute Gasteiger partial charge is 0.189 e. The van der Waals surface area contributed by atoms with Crippen LogP contribution in [0.3, 0.4) is 0 Å². The van der Waals surface area contributed by atoms with Crippen molar-refractivity contribution in [2.75, 3.05) is 11.5 Å². The highest BCUT2D eigenvalue weighted by atomic mass is 32.2. The molecule has 1 aromatic rings. The Kier molecular flexibility index (Phi) is 2.59. The number of hydrogen-bond acceptors (Lipinski definition) is 3. The molecule has 0 bridgehead atoms. The molecule has 1 aromatic carbocycles. The minimum absolute atomic E-state index is 0.172. The average molecular weight is 195 g/mol. The van der Waals surface area contributed by atoms with E-state index in [0.29, 0.717) is 5.69 Å². The van der Waals surface area contributed by atoms with Crippen LogP contribution in [0, 0.1) is 12.3 Å². The van der Waals surface area contributed by atoms with Crippen LogP contribution in [0.1, 0.15) is 0 Å². The van der Waals surface area contributed by atoms with Crippen molar-refractivity contribution in [2.24, 2.45) is 0 Å². The lowest BCUT2D eigenvalue weighted by molar-refractivity contribution is 0.599. The van der Waals surface area contributed by atoms with Gasteiger partial charge in [0.2, 0.25) is 0 Å². The number of anilines is 1. The number of sulfone groups is 1. The average Bonchev–Trinajstić information content (AvgIpc) is 2.04. The summed E-state index contributed by atoms with van der Waals surface area (Å²) in [4.78, 5) is 0.172. The van der Waals surface area contributed by atoms with Crippen molar-refractivity contribution in [3.63, 3.8) is 0 Å². The van der Waals surface area contributed by atoms with Crippen molar-refractivity contribution < 1.29 is 8.42 Å². The van der Waals surface area contributed by atoms with Gasteiger partial charge < -0.3 is 5.73 Å². The summed E-state index contributed by atoms with van der Waals surface area (Å²) in [7, 11) is -3.35. The standard InChI is InChI=1S/C9H9NO2S/c1-2-6-13(11,12)9-5-3-4-8(10)7-9/h1,3-5,7H,6,10H2. The van der Waals surface area contributed by atoms with Gasteiger partial charge in [-0.05, 0) is 18.2 Å². The molecule has 0 atom stereocenters. The second kappa shape index (κ2) is 3.50. The molecule has 0 amide bonds. The highest BCUT2D eigenvalue weighted by Crippen LogP contribution is 2.13. The van der Waals surface area contributed by atoms with Gasteiger partial charge in [0.1, 0.15) is 5.75 Å². The first kappa shape index (κ1) is 9.62. The van der Waals surface area contributed by atoms with Crippen LogP contribution in [0.4, 0.5) is 5.69 Å². The third-order valence-electron chi connectivity index (χ3n) is 1.49. The van der Waals surface area contributed by atoms with E-state index in [4.69, 9.17) is 12.2 Å². The zero-order chi connectivity index (χ0) is 9.90. The molecule has 0 heterocycles. The van der Waals surface area contributed by atoms with Gasteiger partial charge in [0.05, 0.1) is 4.90 Å². The van der Waals surface area contributed by atoms with Crippen LogP contribution >= 0.6 is 0 Å². The number of nitrogens with two attached hydrogens (primary N) is 1. The lowest BCUT2D eigenvalue weighted by atomic mass is 10.3. The Morgan fingerprint density at radius 1 is 1.46 bits per heavy atom. The maximum absolute atomic E-state index is 11.4. The van der Waals surface area contributed by atoms with Crippen LogP contribution < -0.4 is 5.73 Å². The van der Waals surface area contributed by atoms with Gasteiger partial charge in [-0.2, -0.15) is 0 Å². The Labute approximate surface area is 77.5 Å². The number of terminal acetylenes is 1. The molecule has 0 aliphatic heterocycles. The van der Waals surface area contributed by atoms with E-state index in [1.807, 2.05) is 0 Å². The number of benzene rings is 1. The van der Waals surface area contributed by atoms with Crippen LogP contribution in [0.25, 0.3) is 0 Å². The minimum atomic E-state index is -3.35. The second-order valence-corrected chi connectivity index (χ2v) is 4.53. The van der Waals surface area contributed by atoms with E-state index in [9.17, 15) is 8.42 Å². The predicted molar refractivity (Wildman–Crippen MR) is 51.7 cm³/mol. The number of hydrogen-bond donors (Lipinski definition) is 1. The first-order valence-corrected chi connectivity index (χ1v) is 5.23. The van der Waals surface area contributed by atoms with Gasteiger partial charge in [-0.15, -0.1) is 6.42 Å². The van der Waals surface area contributed by atoms with E-state index >= 15 is 0 Å². The molecule has 68 valence electrons. The van der Waals surface area contributed by atoms with Crippen molar-refractivity contribution >= 4 is 15.5 Å². The van der Waals surface area contributed by atoms with Gasteiger partial charge in [0, 0.05) is 5.69 Å². The zero-order valence-corrected chi connectivity index (χ0v) is 7.71. The highest BCUT2D eigenvalue weighted by Gasteiger charge is 2.11. The molecule has 4 heteroatoms. The van der Waals surface area contributed by atoms with Gasteiger partial charge in [-0.3, -0.25) is 0 Å². The Bertz CT molecular complexity index is 443. The fraction of sp³-hybridized carbons (Fsp3) is 0.111. The van der Waals surface area contributed by atoms with Crippen molar-refractivity contribution in [2.45, 2.75) is 4.90 Å². The van der Waals surface area contributed by atoms with Crippen molar-refractivity contribution in [3.05, 3.63) is 24.3 Å². The fourth-order valence-electron chi connectivity index (χ4n) is 0.901. The van der Waals surface area contributed by atoms with Gasteiger partial charge in [0.25, 0.3) is 0 Å². The van der Waals surface area contributed by atoms with Gasteiger partial charge in [-0.1, -0.05) is 12.0 Å². The molecule has 0 unspecified atom stereocenters. The molecule has 13 heavy (non-hydrogen) atoms. The molecule has 0 aliphatic rings. The summed E-state index contributed by atoms with van der Waals surface area (Å²) in [6, 6.07) is 6.07. The summed E-state index contributed by atoms with van der Waals surface area (Å²) in [5.74, 6) is 1.80. The Hall–Kier alpha value is -1.47. The van der Waals surface area contributed by atoms with E-state index in [-0.39, 0.29) is 10.6 Å². The number of rotatable bonds is 2. The molecule has 0 saturated heterocycles.